The zero-order chi connectivity index (χ0) is 16.8. The quantitative estimate of drug-likeness (QED) is 0.784. The molecule has 1 unspecified atom stereocenters. The SMILES string of the molecule is CN(CCc1ccccc1)CC1COC(=O)N1Cc1ccccc1. The molecule has 2 aromatic carbocycles. The Morgan fingerprint density at radius 3 is 2.33 bits per heavy atom. The van der Waals surface area contributed by atoms with Gasteiger partial charge in [0.25, 0.3) is 0 Å². The van der Waals surface area contributed by atoms with Crippen LogP contribution in [-0.2, 0) is 17.7 Å². The Hall–Kier alpha value is -2.33. The van der Waals surface area contributed by atoms with Crippen LogP contribution >= 0.6 is 0 Å². The molecule has 2 aromatic rings. The number of hydrogen-bond donors (Lipinski definition) is 0. The first-order chi connectivity index (χ1) is 11.7. The average Bonchev–Trinajstić information content (AvgIpc) is 2.95. The monoisotopic (exact) mass is 324 g/mol. The molecule has 1 saturated heterocycles. The molecule has 3 rings (SSSR count). The molecule has 1 fully saturated rings. The van der Waals surface area contributed by atoms with Crippen LogP contribution < -0.4 is 0 Å². The van der Waals surface area contributed by atoms with Crippen molar-refractivity contribution in [2.45, 2.75) is 19.0 Å². The number of amides is 1. The van der Waals surface area contributed by atoms with Gasteiger partial charge in [-0.2, -0.15) is 0 Å². The van der Waals surface area contributed by atoms with Crippen molar-refractivity contribution < 1.29 is 9.53 Å². The zero-order valence-corrected chi connectivity index (χ0v) is 14.1. The van der Waals surface area contributed by atoms with Gasteiger partial charge in [-0.15, -0.1) is 0 Å². The highest BCUT2D eigenvalue weighted by atomic mass is 16.6. The number of rotatable bonds is 7. The minimum atomic E-state index is -0.208. The summed E-state index contributed by atoms with van der Waals surface area (Å²) in [5.74, 6) is 0. The molecular weight excluding hydrogens is 300 g/mol. The second-order valence-corrected chi connectivity index (χ2v) is 6.34. The van der Waals surface area contributed by atoms with Gasteiger partial charge in [0.2, 0.25) is 0 Å². The van der Waals surface area contributed by atoms with Gasteiger partial charge >= 0.3 is 6.09 Å². The number of cyclic esters (lactones) is 1. The minimum Gasteiger partial charge on any atom is -0.447 e. The number of likely N-dealkylation sites (N-methyl/N-ethyl adjacent to an activating group) is 1. The molecular formula is C20H24N2O2. The lowest BCUT2D eigenvalue weighted by Gasteiger charge is -2.26. The van der Waals surface area contributed by atoms with Gasteiger partial charge in [0.15, 0.2) is 0 Å². The van der Waals surface area contributed by atoms with E-state index < -0.39 is 0 Å². The summed E-state index contributed by atoms with van der Waals surface area (Å²) in [4.78, 5) is 16.2. The Kier molecular flexibility index (Phi) is 5.49. The second kappa shape index (κ2) is 7.97. The molecule has 0 aliphatic carbocycles. The maximum Gasteiger partial charge on any atom is 0.410 e. The molecule has 0 bridgehead atoms. The van der Waals surface area contributed by atoms with E-state index in [4.69, 9.17) is 4.74 Å². The molecule has 0 N–H and O–H groups in total. The molecule has 1 aliphatic heterocycles. The largest absolute Gasteiger partial charge is 0.447 e. The van der Waals surface area contributed by atoms with Crippen LogP contribution in [0.5, 0.6) is 0 Å². The topological polar surface area (TPSA) is 32.8 Å². The first kappa shape index (κ1) is 16.5. The van der Waals surface area contributed by atoms with Crippen molar-refractivity contribution in [1.29, 1.82) is 0 Å². The molecule has 1 heterocycles. The van der Waals surface area contributed by atoms with E-state index in [1.54, 1.807) is 0 Å². The summed E-state index contributed by atoms with van der Waals surface area (Å²) in [7, 11) is 2.10. The maximum atomic E-state index is 12.0. The predicted octanol–water partition coefficient (Wildman–Crippen LogP) is 3.18. The van der Waals surface area contributed by atoms with E-state index in [9.17, 15) is 4.79 Å². The summed E-state index contributed by atoms with van der Waals surface area (Å²) >= 11 is 0. The van der Waals surface area contributed by atoms with Gasteiger partial charge in [-0.25, -0.2) is 4.79 Å². The number of benzene rings is 2. The van der Waals surface area contributed by atoms with Crippen LogP contribution in [0, 0.1) is 0 Å². The van der Waals surface area contributed by atoms with Gasteiger partial charge in [0.05, 0.1) is 6.04 Å². The normalized spacial score (nSPS) is 17.3. The third-order valence-electron chi connectivity index (χ3n) is 4.42. The summed E-state index contributed by atoms with van der Waals surface area (Å²) in [6.07, 6.45) is 0.803. The highest BCUT2D eigenvalue weighted by molar-refractivity contribution is 5.70. The third kappa shape index (κ3) is 4.36. The highest BCUT2D eigenvalue weighted by Gasteiger charge is 2.33. The lowest BCUT2D eigenvalue weighted by atomic mass is 10.1. The summed E-state index contributed by atoms with van der Waals surface area (Å²) in [5, 5.41) is 0. The van der Waals surface area contributed by atoms with Crippen LogP contribution in [0.25, 0.3) is 0 Å². The third-order valence-corrected chi connectivity index (χ3v) is 4.42. The van der Waals surface area contributed by atoms with Gasteiger partial charge in [0.1, 0.15) is 6.61 Å². The van der Waals surface area contributed by atoms with E-state index in [2.05, 4.69) is 36.2 Å². The van der Waals surface area contributed by atoms with Crippen LogP contribution in [0.15, 0.2) is 60.7 Å². The maximum absolute atomic E-state index is 12.0. The Bertz CT molecular complexity index is 645. The summed E-state index contributed by atoms with van der Waals surface area (Å²) in [5.41, 5.74) is 2.47. The number of ether oxygens (including phenoxy) is 1. The first-order valence-electron chi connectivity index (χ1n) is 8.42. The van der Waals surface area contributed by atoms with Crippen molar-refractivity contribution in [3.8, 4) is 0 Å². The number of carbonyl (C=O) groups is 1. The molecule has 0 spiro atoms. The highest BCUT2D eigenvalue weighted by Crippen LogP contribution is 2.17. The molecule has 4 heteroatoms. The van der Waals surface area contributed by atoms with E-state index in [-0.39, 0.29) is 12.1 Å². The van der Waals surface area contributed by atoms with Crippen molar-refractivity contribution in [3.63, 3.8) is 0 Å². The zero-order valence-electron chi connectivity index (χ0n) is 14.1. The van der Waals surface area contributed by atoms with E-state index in [0.29, 0.717) is 13.2 Å². The average molecular weight is 324 g/mol. The van der Waals surface area contributed by atoms with Gasteiger partial charge in [-0.05, 0) is 24.6 Å². The van der Waals surface area contributed by atoms with Crippen molar-refractivity contribution >= 4 is 6.09 Å². The van der Waals surface area contributed by atoms with Crippen LogP contribution in [0.1, 0.15) is 11.1 Å². The predicted molar refractivity (Wildman–Crippen MR) is 94.8 cm³/mol. The van der Waals surface area contributed by atoms with E-state index in [0.717, 1.165) is 25.1 Å². The summed E-state index contributed by atoms with van der Waals surface area (Å²) in [6.45, 7) is 2.87. The number of hydrogen-bond acceptors (Lipinski definition) is 3. The lowest BCUT2D eigenvalue weighted by molar-refractivity contribution is 0.154. The molecule has 1 atom stereocenters. The number of nitrogens with zero attached hydrogens (tertiary/aromatic N) is 2. The molecule has 126 valence electrons. The molecule has 24 heavy (non-hydrogen) atoms. The van der Waals surface area contributed by atoms with Crippen LogP contribution in [0.4, 0.5) is 4.79 Å². The fourth-order valence-corrected chi connectivity index (χ4v) is 3.03. The molecule has 1 aliphatic rings. The Morgan fingerprint density at radius 1 is 1.04 bits per heavy atom. The van der Waals surface area contributed by atoms with Crippen LogP contribution in [0.2, 0.25) is 0 Å². The van der Waals surface area contributed by atoms with Gasteiger partial charge in [0, 0.05) is 19.6 Å². The lowest BCUT2D eigenvalue weighted by Crippen LogP contribution is -2.41. The Balaban J connectivity index is 1.53. The molecule has 0 saturated carbocycles. The summed E-state index contributed by atoms with van der Waals surface area (Å²) < 4.78 is 5.27. The first-order valence-corrected chi connectivity index (χ1v) is 8.42. The van der Waals surface area contributed by atoms with E-state index in [1.165, 1.54) is 5.56 Å². The standard InChI is InChI=1S/C20H24N2O2/c1-21(13-12-17-8-4-2-5-9-17)15-19-16-24-20(23)22(19)14-18-10-6-3-7-11-18/h2-11,19H,12-16H2,1H3. The molecule has 0 aromatic heterocycles. The summed E-state index contributed by atoms with van der Waals surface area (Å²) in [6, 6.07) is 20.7. The second-order valence-electron chi connectivity index (χ2n) is 6.34. The van der Waals surface area contributed by atoms with E-state index >= 15 is 0 Å². The van der Waals surface area contributed by atoms with Gasteiger partial charge in [-0.3, -0.25) is 4.90 Å². The van der Waals surface area contributed by atoms with Gasteiger partial charge in [-0.1, -0.05) is 60.7 Å². The van der Waals surface area contributed by atoms with Crippen LogP contribution in [-0.4, -0.2) is 48.7 Å². The minimum absolute atomic E-state index is 0.110. The van der Waals surface area contributed by atoms with Crippen molar-refractivity contribution in [2.24, 2.45) is 0 Å². The molecule has 1 amide bonds. The van der Waals surface area contributed by atoms with Crippen molar-refractivity contribution in [2.75, 3.05) is 26.7 Å². The van der Waals surface area contributed by atoms with E-state index in [1.807, 2.05) is 41.3 Å². The number of carbonyl (C=O) groups excluding carboxylic acids is 1. The van der Waals surface area contributed by atoms with Crippen molar-refractivity contribution in [1.82, 2.24) is 9.80 Å². The van der Waals surface area contributed by atoms with Gasteiger partial charge < -0.3 is 9.64 Å². The molecule has 0 radical (unpaired) electrons. The Morgan fingerprint density at radius 2 is 1.67 bits per heavy atom. The fraction of sp³-hybridized carbons (Fsp3) is 0.350. The Labute approximate surface area is 143 Å². The fourth-order valence-electron chi connectivity index (χ4n) is 3.03. The van der Waals surface area contributed by atoms with Crippen LogP contribution in [0.3, 0.4) is 0 Å². The smallest absolute Gasteiger partial charge is 0.410 e. The molecule has 4 nitrogen and oxygen atoms in total. The van der Waals surface area contributed by atoms with Crippen molar-refractivity contribution in [3.05, 3.63) is 71.8 Å².